The van der Waals surface area contributed by atoms with Gasteiger partial charge in [0.15, 0.2) is 0 Å². The first-order valence-electron chi connectivity index (χ1n) is 12.7. The van der Waals surface area contributed by atoms with E-state index in [1.807, 2.05) is 12.1 Å². The minimum absolute atomic E-state index is 0.216. The molecule has 0 heterocycles. The van der Waals surface area contributed by atoms with E-state index in [9.17, 15) is 10.2 Å². The average molecular weight is 433 g/mol. The number of hydrogen-bond acceptors (Lipinski definition) is 2. The highest BCUT2D eigenvalue weighted by atomic mass is 16.3. The number of aromatic hydroxyl groups is 2. The Bertz CT molecular complexity index is 965. The van der Waals surface area contributed by atoms with Crippen LogP contribution >= 0.6 is 0 Å². The Balaban J connectivity index is 1.66. The van der Waals surface area contributed by atoms with Gasteiger partial charge < -0.3 is 10.2 Å². The van der Waals surface area contributed by atoms with E-state index in [4.69, 9.17) is 0 Å². The second-order valence-corrected chi connectivity index (χ2v) is 12.3. The molecule has 2 N–H and O–H groups in total. The van der Waals surface area contributed by atoms with Crippen LogP contribution in [-0.2, 0) is 10.8 Å². The second-order valence-electron chi connectivity index (χ2n) is 12.3. The Morgan fingerprint density at radius 3 is 1.41 bits per heavy atom. The number of rotatable bonds is 4. The van der Waals surface area contributed by atoms with Crippen LogP contribution in [0.4, 0.5) is 0 Å². The molecule has 4 aliphatic carbocycles. The predicted octanol–water partition coefficient (Wildman–Crippen LogP) is 7.75. The van der Waals surface area contributed by atoms with Crippen LogP contribution in [0.25, 0.3) is 0 Å². The Hall–Kier alpha value is -1.96. The van der Waals surface area contributed by atoms with Crippen molar-refractivity contribution in [3.05, 3.63) is 57.6 Å². The third-order valence-corrected chi connectivity index (χ3v) is 9.20. The summed E-state index contributed by atoms with van der Waals surface area (Å²) in [4.78, 5) is 0. The Labute approximate surface area is 194 Å². The molecule has 6 rings (SSSR count). The maximum absolute atomic E-state index is 10.6. The zero-order chi connectivity index (χ0) is 23.0. The molecule has 0 aliphatic heterocycles. The van der Waals surface area contributed by atoms with Gasteiger partial charge in [0.25, 0.3) is 0 Å². The quantitative estimate of drug-likeness (QED) is 0.518. The van der Waals surface area contributed by atoms with E-state index in [0.717, 1.165) is 23.0 Å². The summed E-state index contributed by atoms with van der Waals surface area (Å²) in [5.41, 5.74) is 8.14. The fourth-order valence-corrected chi connectivity index (χ4v) is 8.38. The molecule has 0 radical (unpaired) electrons. The van der Waals surface area contributed by atoms with E-state index in [1.54, 1.807) is 0 Å². The van der Waals surface area contributed by atoms with Gasteiger partial charge in [0.2, 0.25) is 0 Å². The SMILES string of the molecule is Cc1cc(O)c(C(C)C)cc1C12CC3CC(C1)CC(c1cc(C(C)C)c(O)cc1C)(C3)C2. The molecule has 0 atom stereocenters. The van der Waals surface area contributed by atoms with Gasteiger partial charge in [-0.05, 0) is 132 Å². The van der Waals surface area contributed by atoms with Gasteiger partial charge in [-0.2, -0.15) is 0 Å². The summed E-state index contributed by atoms with van der Waals surface area (Å²) in [6.07, 6.45) is 7.77. The van der Waals surface area contributed by atoms with Gasteiger partial charge in [-0.15, -0.1) is 0 Å². The van der Waals surface area contributed by atoms with Crippen LogP contribution in [0.15, 0.2) is 24.3 Å². The fourth-order valence-electron chi connectivity index (χ4n) is 8.38. The second kappa shape index (κ2) is 7.27. The molecule has 0 saturated heterocycles. The maximum atomic E-state index is 10.6. The molecule has 32 heavy (non-hydrogen) atoms. The number of phenolic OH excluding ortho intramolecular Hbond substituents is 2. The highest BCUT2D eigenvalue weighted by Gasteiger charge is 2.59. The van der Waals surface area contributed by atoms with Crippen LogP contribution < -0.4 is 0 Å². The van der Waals surface area contributed by atoms with Gasteiger partial charge in [-0.3, -0.25) is 0 Å². The predicted molar refractivity (Wildman–Crippen MR) is 132 cm³/mol. The molecule has 2 nitrogen and oxygen atoms in total. The summed E-state index contributed by atoms with van der Waals surface area (Å²) in [6, 6.07) is 8.77. The first-order chi connectivity index (χ1) is 15.0. The standard InChI is InChI=1S/C30H40O2/c1-17(2)23-10-25(19(5)7-27(23)31)29-12-21-9-22(13-29)15-30(14-21,16-29)26-11-24(18(3)4)28(32)8-20(26)6/h7-8,10-11,17-18,21-22,31-32H,9,12-16H2,1-6H3. The molecule has 4 aliphatic rings. The van der Waals surface area contributed by atoms with Gasteiger partial charge in [0.1, 0.15) is 11.5 Å². The summed E-state index contributed by atoms with van der Waals surface area (Å²) in [5, 5.41) is 21.2. The minimum Gasteiger partial charge on any atom is -0.508 e. The molecule has 0 amide bonds. The number of hydrogen-bond donors (Lipinski definition) is 2. The van der Waals surface area contributed by atoms with Crippen molar-refractivity contribution in [3.63, 3.8) is 0 Å². The van der Waals surface area contributed by atoms with Crippen molar-refractivity contribution in [1.29, 1.82) is 0 Å². The van der Waals surface area contributed by atoms with Crippen LogP contribution in [-0.4, -0.2) is 10.2 Å². The number of aryl methyl sites for hydroxylation is 2. The first kappa shape index (κ1) is 21.9. The Kier molecular flexibility index (Phi) is 4.97. The first-order valence-corrected chi connectivity index (χ1v) is 12.7. The Morgan fingerprint density at radius 1 is 0.688 bits per heavy atom. The van der Waals surface area contributed by atoms with Gasteiger partial charge in [0, 0.05) is 0 Å². The van der Waals surface area contributed by atoms with Crippen molar-refractivity contribution in [2.45, 2.75) is 103 Å². The van der Waals surface area contributed by atoms with E-state index in [2.05, 4.69) is 53.7 Å². The highest BCUT2D eigenvalue weighted by Crippen LogP contribution is 2.67. The van der Waals surface area contributed by atoms with Gasteiger partial charge in [-0.25, -0.2) is 0 Å². The molecular formula is C30H40O2. The molecule has 4 bridgehead atoms. The van der Waals surface area contributed by atoms with E-state index >= 15 is 0 Å². The number of phenols is 2. The van der Waals surface area contributed by atoms with E-state index in [1.165, 1.54) is 60.8 Å². The normalized spacial score (nSPS) is 31.1. The lowest BCUT2D eigenvalue weighted by molar-refractivity contribution is -0.0287. The minimum atomic E-state index is 0.216. The van der Waals surface area contributed by atoms with Crippen molar-refractivity contribution < 1.29 is 10.2 Å². The van der Waals surface area contributed by atoms with Gasteiger partial charge >= 0.3 is 0 Å². The molecule has 172 valence electrons. The van der Waals surface area contributed by atoms with E-state index in [-0.39, 0.29) is 10.8 Å². The molecule has 0 unspecified atom stereocenters. The zero-order valence-electron chi connectivity index (χ0n) is 20.8. The average Bonchev–Trinajstić information content (AvgIpc) is 2.65. The van der Waals surface area contributed by atoms with Crippen molar-refractivity contribution in [2.24, 2.45) is 11.8 Å². The molecular weight excluding hydrogens is 392 g/mol. The lowest BCUT2D eigenvalue weighted by atomic mass is 9.41. The van der Waals surface area contributed by atoms with Crippen LogP contribution in [0.2, 0.25) is 0 Å². The van der Waals surface area contributed by atoms with Crippen LogP contribution in [0.5, 0.6) is 11.5 Å². The molecule has 4 fully saturated rings. The van der Waals surface area contributed by atoms with E-state index < -0.39 is 0 Å². The molecule has 2 aromatic carbocycles. The van der Waals surface area contributed by atoms with Gasteiger partial charge in [-0.1, -0.05) is 39.8 Å². The van der Waals surface area contributed by atoms with Gasteiger partial charge in [0.05, 0.1) is 0 Å². The summed E-state index contributed by atoms with van der Waals surface area (Å²) < 4.78 is 0. The van der Waals surface area contributed by atoms with Crippen molar-refractivity contribution >= 4 is 0 Å². The fraction of sp³-hybridized carbons (Fsp3) is 0.600. The third-order valence-electron chi connectivity index (χ3n) is 9.20. The largest absolute Gasteiger partial charge is 0.508 e. The monoisotopic (exact) mass is 432 g/mol. The van der Waals surface area contributed by atoms with E-state index in [0.29, 0.717) is 23.3 Å². The topological polar surface area (TPSA) is 40.5 Å². The molecule has 0 aromatic heterocycles. The van der Waals surface area contributed by atoms with Crippen LogP contribution in [0.1, 0.15) is 111 Å². The summed E-state index contributed by atoms with van der Waals surface area (Å²) >= 11 is 0. The van der Waals surface area contributed by atoms with Crippen LogP contribution in [0.3, 0.4) is 0 Å². The molecule has 2 aromatic rings. The summed E-state index contributed by atoms with van der Waals surface area (Å²) in [6.45, 7) is 13.1. The Morgan fingerprint density at radius 2 is 1.06 bits per heavy atom. The maximum Gasteiger partial charge on any atom is 0.119 e. The third kappa shape index (κ3) is 3.20. The zero-order valence-corrected chi connectivity index (χ0v) is 20.8. The number of benzene rings is 2. The summed E-state index contributed by atoms with van der Waals surface area (Å²) in [7, 11) is 0. The smallest absolute Gasteiger partial charge is 0.119 e. The van der Waals surface area contributed by atoms with Crippen molar-refractivity contribution in [3.8, 4) is 11.5 Å². The van der Waals surface area contributed by atoms with Crippen molar-refractivity contribution in [1.82, 2.24) is 0 Å². The molecule has 0 spiro atoms. The summed E-state index contributed by atoms with van der Waals surface area (Å²) in [5.74, 6) is 3.12. The lowest BCUT2D eigenvalue weighted by Gasteiger charge is -2.63. The molecule has 2 heteroatoms. The van der Waals surface area contributed by atoms with Crippen molar-refractivity contribution in [2.75, 3.05) is 0 Å². The molecule has 4 saturated carbocycles. The van der Waals surface area contributed by atoms with Crippen LogP contribution in [0, 0.1) is 25.7 Å². The highest BCUT2D eigenvalue weighted by molar-refractivity contribution is 5.51. The lowest BCUT2D eigenvalue weighted by Crippen LogP contribution is -2.56.